The number of anilines is 3. The second kappa shape index (κ2) is 10.6. The number of fused-ring (bicyclic) bond motifs is 13. The van der Waals surface area contributed by atoms with Crippen LogP contribution in [0.15, 0.2) is 152 Å². The summed E-state index contributed by atoms with van der Waals surface area (Å²) in [5, 5.41) is 2.88. The third-order valence-corrected chi connectivity index (χ3v) is 13.0. The highest BCUT2D eigenvalue weighted by Gasteiger charge is 2.54. The molecule has 12 rings (SSSR count). The molecule has 3 heteroatoms. The van der Waals surface area contributed by atoms with Gasteiger partial charge in [0.1, 0.15) is 0 Å². The Labute approximate surface area is 315 Å². The normalized spacial score (nSPS) is 15.7. The summed E-state index contributed by atoms with van der Waals surface area (Å²) in [4.78, 5) is 12.6. The van der Waals surface area contributed by atoms with Gasteiger partial charge < -0.3 is 4.90 Å². The number of aryl methyl sites for hydroxylation is 2. The smallest absolute Gasteiger partial charge is 0.0937 e. The number of aromatic nitrogens is 2. The predicted octanol–water partition coefficient (Wildman–Crippen LogP) is 12.2. The minimum Gasteiger partial charge on any atom is -0.310 e. The average molecular weight is 692 g/mol. The van der Waals surface area contributed by atoms with Gasteiger partial charge in [0.05, 0.1) is 22.5 Å². The average Bonchev–Trinajstić information content (AvgIpc) is 3.65. The maximum atomic E-state index is 5.06. The quantitative estimate of drug-likeness (QED) is 0.185. The molecular weight excluding hydrogens is 655 g/mol. The Morgan fingerprint density at radius 3 is 1.74 bits per heavy atom. The molecule has 0 amide bonds. The van der Waals surface area contributed by atoms with Crippen LogP contribution in [-0.2, 0) is 23.7 Å². The highest BCUT2D eigenvalue weighted by Crippen LogP contribution is 2.66. The number of para-hydroxylation sites is 2. The van der Waals surface area contributed by atoms with Crippen LogP contribution >= 0.6 is 0 Å². The van der Waals surface area contributed by atoms with E-state index in [-0.39, 0.29) is 5.41 Å². The van der Waals surface area contributed by atoms with Crippen LogP contribution in [0.3, 0.4) is 0 Å². The Hall–Kier alpha value is -6.32. The number of rotatable bonds is 3. The summed E-state index contributed by atoms with van der Waals surface area (Å²) >= 11 is 0. The lowest BCUT2D eigenvalue weighted by Gasteiger charge is -2.42. The zero-order chi connectivity index (χ0) is 35.8. The lowest BCUT2D eigenvalue weighted by atomic mass is 9.59. The number of hydrogen-bond acceptors (Lipinski definition) is 3. The first kappa shape index (κ1) is 30.2. The Bertz CT molecular complexity index is 2790. The van der Waals surface area contributed by atoms with Crippen molar-refractivity contribution in [1.82, 2.24) is 9.97 Å². The zero-order valence-electron chi connectivity index (χ0n) is 30.4. The Balaban J connectivity index is 1.22. The summed E-state index contributed by atoms with van der Waals surface area (Å²) < 4.78 is 0. The van der Waals surface area contributed by atoms with Crippen LogP contribution in [0, 0.1) is 0 Å². The molecule has 2 aromatic heterocycles. The molecule has 0 aliphatic heterocycles. The predicted molar refractivity (Wildman–Crippen MR) is 220 cm³/mol. The van der Waals surface area contributed by atoms with Crippen LogP contribution < -0.4 is 4.90 Å². The van der Waals surface area contributed by atoms with E-state index in [4.69, 9.17) is 9.97 Å². The summed E-state index contributed by atoms with van der Waals surface area (Å²) in [5.41, 5.74) is 20.9. The van der Waals surface area contributed by atoms with Crippen molar-refractivity contribution in [2.45, 2.75) is 43.9 Å². The second-order valence-corrected chi connectivity index (χ2v) is 15.9. The van der Waals surface area contributed by atoms with Gasteiger partial charge in [0.25, 0.3) is 0 Å². The standard InChI is InChI=1S/C51H37N3/c1-50(2)46-35(19-10-22-42(46)54(33-15-5-3-6-16-33)34-17-7-4-8-18-34)36-26-28-39-45(47(36)50)37-25-23-31-13-9-14-32-24-27-38(44(37)43(31)32)51(39)40-20-11-29-52-48(40)49-41(51)21-12-30-53-49/h3-8,10-12,15-30H,9,13-14H2,1-2H3. The third-order valence-electron chi connectivity index (χ3n) is 13.0. The molecule has 0 N–H and O–H groups in total. The van der Waals surface area contributed by atoms with Crippen LogP contribution in [0.25, 0.3) is 44.4 Å². The van der Waals surface area contributed by atoms with Crippen LogP contribution in [0.5, 0.6) is 0 Å². The molecule has 0 fully saturated rings. The Morgan fingerprint density at radius 2 is 1.07 bits per heavy atom. The van der Waals surface area contributed by atoms with E-state index in [2.05, 4.69) is 158 Å². The van der Waals surface area contributed by atoms with Gasteiger partial charge in [0.2, 0.25) is 0 Å². The lowest BCUT2D eigenvalue weighted by molar-refractivity contribution is 0.657. The molecule has 54 heavy (non-hydrogen) atoms. The van der Waals surface area contributed by atoms with Crippen molar-refractivity contribution >= 4 is 27.8 Å². The van der Waals surface area contributed by atoms with Gasteiger partial charge in [0.15, 0.2) is 0 Å². The molecule has 6 aromatic carbocycles. The van der Waals surface area contributed by atoms with Gasteiger partial charge in [-0.2, -0.15) is 0 Å². The minimum atomic E-state index is -0.549. The minimum absolute atomic E-state index is 0.332. The first-order chi connectivity index (χ1) is 26.6. The van der Waals surface area contributed by atoms with Gasteiger partial charge in [-0.3, -0.25) is 9.97 Å². The van der Waals surface area contributed by atoms with Crippen molar-refractivity contribution in [1.29, 1.82) is 0 Å². The highest BCUT2D eigenvalue weighted by atomic mass is 15.1. The van der Waals surface area contributed by atoms with Crippen molar-refractivity contribution in [2.75, 3.05) is 4.90 Å². The van der Waals surface area contributed by atoms with E-state index in [0.29, 0.717) is 0 Å². The van der Waals surface area contributed by atoms with E-state index in [1.54, 1.807) is 0 Å². The fraction of sp³-hybridized carbons (Fsp3) is 0.137. The molecule has 0 bridgehead atoms. The molecule has 1 spiro atoms. The molecule has 2 heterocycles. The summed E-state index contributed by atoms with van der Waals surface area (Å²) in [6.07, 6.45) is 7.29. The molecule has 0 saturated carbocycles. The molecule has 4 aliphatic rings. The van der Waals surface area contributed by atoms with E-state index < -0.39 is 5.41 Å². The Morgan fingerprint density at radius 1 is 0.481 bits per heavy atom. The molecule has 256 valence electrons. The van der Waals surface area contributed by atoms with Crippen LogP contribution in [0.4, 0.5) is 17.1 Å². The van der Waals surface area contributed by atoms with Crippen LogP contribution in [0.1, 0.15) is 64.8 Å². The lowest BCUT2D eigenvalue weighted by Crippen LogP contribution is -2.33. The van der Waals surface area contributed by atoms with E-state index in [0.717, 1.165) is 35.6 Å². The number of nitrogens with zero attached hydrogens (tertiary/aromatic N) is 3. The van der Waals surface area contributed by atoms with Crippen LogP contribution in [0.2, 0.25) is 0 Å². The zero-order valence-corrected chi connectivity index (χ0v) is 30.4. The molecule has 0 unspecified atom stereocenters. The number of pyridine rings is 2. The maximum absolute atomic E-state index is 5.06. The van der Waals surface area contributed by atoms with Gasteiger partial charge >= 0.3 is 0 Å². The molecule has 0 saturated heterocycles. The summed E-state index contributed by atoms with van der Waals surface area (Å²) in [7, 11) is 0. The molecule has 4 aliphatic carbocycles. The van der Waals surface area contributed by atoms with Crippen molar-refractivity contribution in [3.8, 4) is 33.6 Å². The summed E-state index contributed by atoms with van der Waals surface area (Å²) in [6.45, 7) is 4.92. The highest BCUT2D eigenvalue weighted by molar-refractivity contribution is 6.11. The molecule has 8 aromatic rings. The maximum Gasteiger partial charge on any atom is 0.0937 e. The van der Waals surface area contributed by atoms with Crippen molar-refractivity contribution in [3.63, 3.8) is 0 Å². The topological polar surface area (TPSA) is 29.0 Å². The molecule has 3 nitrogen and oxygen atoms in total. The fourth-order valence-electron chi connectivity index (χ4n) is 11.1. The van der Waals surface area contributed by atoms with E-state index in [1.807, 2.05) is 12.4 Å². The van der Waals surface area contributed by atoms with Gasteiger partial charge in [-0.15, -0.1) is 0 Å². The van der Waals surface area contributed by atoms with Crippen LogP contribution in [-0.4, -0.2) is 9.97 Å². The molecule has 0 radical (unpaired) electrons. The largest absolute Gasteiger partial charge is 0.310 e. The van der Waals surface area contributed by atoms with E-state index >= 15 is 0 Å². The van der Waals surface area contributed by atoms with E-state index in [9.17, 15) is 0 Å². The molecular formula is C51H37N3. The first-order valence-corrected chi connectivity index (χ1v) is 19.3. The van der Waals surface area contributed by atoms with Crippen molar-refractivity contribution in [2.24, 2.45) is 0 Å². The SMILES string of the molecule is CC1(C)c2c(cccc2N(c2ccccc2)c2ccccc2)-c2ccc3c(c21)-c1ccc2c4c(ccc(c14)C31c3cccnc3-c3ncccc31)CCC2. The van der Waals surface area contributed by atoms with E-state index in [1.165, 1.54) is 89.6 Å². The van der Waals surface area contributed by atoms with Gasteiger partial charge in [-0.05, 0) is 139 Å². The number of benzene rings is 6. The molecule has 0 atom stereocenters. The Kier molecular flexibility index (Phi) is 5.95. The van der Waals surface area contributed by atoms with Gasteiger partial charge in [-0.25, -0.2) is 0 Å². The van der Waals surface area contributed by atoms with Crippen molar-refractivity contribution < 1.29 is 0 Å². The van der Waals surface area contributed by atoms with Gasteiger partial charge in [0, 0.05) is 29.2 Å². The monoisotopic (exact) mass is 691 g/mol. The fourth-order valence-corrected chi connectivity index (χ4v) is 11.1. The summed E-state index contributed by atoms with van der Waals surface area (Å²) in [6, 6.07) is 52.1. The number of hydrogen-bond donors (Lipinski definition) is 0. The second-order valence-electron chi connectivity index (χ2n) is 15.9. The first-order valence-electron chi connectivity index (χ1n) is 19.3. The van der Waals surface area contributed by atoms with Crippen molar-refractivity contribution in [3.05, 3.63) is 196 Å². The third kappa shape index (κ3) is 3.62. The van der Waals surface area contributed by atoms with Gasteiger partial charge in [-0.1, -0.05) is 111 Å². The summed E-state index contributed by atoms with van der Waals surface area (Å²) in [5.74, 6) is 0.